The van der Waals surface area contributed by atoms with Gasteiger partial charge in [-0.1, -0.05) is 6.92 Å². The van der Waals surface area contributed by atoms with E-state index < -0.39 is 6.04 Å². The first kappa shape index (κ1) is 17.2. The molecule has 0 aliphatic carbocycles. The number of fused-ring (bicyclic) bond motifs is 3. The number of hydrogen-bond donors (Lipinski definition) is 1. The topological polar surface area (TPSA) is 90.8 Å². The smallest absolute Gasteiger partial charge is 0.291 e. The van der Waals surface area contributed by atoms with Crippen LogP contribution in [0.4, 0.5) is 0 Å². The molecule has 3 rings (SSSR count). The van der Waals surface area contributed by atoms with Crippen molar-refractivity contribution in [3.8, 4) is 0 Å². The highest BCUT2D eigenvalue weighted by Gasteiger charge is 2.22. The Morgan fingerprint density at radius 3 is 3.00 bits per heavy atom. The molecule has 0 bridgehead atoms. The predicted molar refractivity (Wildman–Crippen MR) is 92.7 cm³/mol. The average Bonchev–Trinajstić information content (AvgIpc) is 3.19. The second-order valence-electron chi connectivity index (χ2n) is 5.72. The summed E-state index contributed by atoms with van der Waals surface area (Å²) in [5.41, 5.74) is 1.52. The number of furan rings is 1. The third-order valence-corrected chi connectivity index (χ3v) is 4.13. The van der Waals surface area contributed by atoms with Crippen LogP contribution >= 0.6 is 0 Å². The zero-order valence-electron chi connectivity index (χ0n) is 14.4. The fourth-order valence-corrected chi connectivity index (χ4v) is 2.85. The molecule has 0 fully saturated rings. The zero-order chi connectivity index (χ0) is 17.8. The number of rotatable bonds is 8. The molecule has 0 spiro atoms. The van der Waals surface area contributed by atoms with Crippen molar-refractivity contribution in [3.63, 3.8) is 0 Å². The van der Waals surface area contributed by atoms with Crippen LogP contribution in [0.1, 0.15) is 32.7 Å². The van der Waals surface area contributed by atoms with E-state index >= 15 is 0 Å². The van der Waals surface area contributed by atoms with E-state index in [1.54, 1.807) is 29.1 Å². The van der Waals surface area contributed by atoms with Crippen LogP contribution in [0.25, 0.3) is 16.6 Å². The molecule has 1 unspecified atom stereocenters. The first-order valence-electron chi connectivity index (χ1n) is 8.48. The first-order chi connectivity index (χ1) is 12.2. The van der Waals surface area contributed by atoms with Gasteiger partial charge in [0.1, 0.15) is 17.9 Å². The van der Waals surface area contributed by atoms with E-state index in [2.05, 4.69) is 10.4 Å². The second kappa shape index (κ2) is 7.52. The summed E-state index contributed by atoms with van der Waals surface area (Å²) in [6.07, 6.45) is 4.30. The molecule has 0 saturated heterocycles. The Morgan fingerprint density at radius 1 is 1.40 bits per heavy atom. The molecule has 3 heterocycles. The minimum atomic E-state index is -0.647. The van der Waals surface area contributed by atoms with Crippen LogP contribution < -0.4 is 10.9 Å². The number of carbonyl (C=O) groups is 1. The summed E-state index contributed by atoms with van der Waals surface area (Å²) in [5.74, 6) is -0.215. The Hall–Kier alpha value is -2.61. The molecule has 134 valence electrons. The van der Waals surface area contributed by atoms with Gasteiger partial charge in [0.2, 0.25) is 5.91 Å². The molecular weight excluding hydrogens is 324 g/mol. The van der Waals surface area contributed by atoms with Gasteiger partial charge in [-0.3, -0.25) is 14.0 Å². The van der Waals surface area contributed by atoms with Gasteiger partial charge in [-0.2, -0.15) is 5.10 Å². The molecule has 0 aliphatic heterocycles. The van der Waals surface area contributed by atoms with Crippen LogP contribution in [0.3, 0.4) is 0 Å². The average molecular weight is 346 g/mol. The molecule has 1 amide bonds. The molecule has 8 heteroatoms. The molecule has 1 N–H and O–H groups in total. The van der Waals surface area contributed by atoms with Crippen molar-refractivity contribution in [2.45, 2.75) is 32.7 Å². The second-order valence-corrected chi connectivity index (χ2v) is 5.72. The summed E-state index contributed by atoms with van der Waals surface area (Å²) >= 11 is 0. The van der Waals surface area contributed by atoms with E-state index in [0.717, 1.165) is 11.9 Å². The van der Waals surface area contributed by atoms with E-state index in [4.69, 9.17) is 9.15 Å². The van der Waals surface area contributed by atoms with E-state index in [1.165, 1.54) is 4.68 Å². The highest BCUT2D eigenvalue weighted by Crippen LogP contribution is 2.19. The fourth-order valence-electron chi connectivity index (χ4n) is 2.85. The molecule has 0 aromatic carbocycles. The Bertz CT molecular complexity index is 924. The molecular formula is C17H22N4O4. The lowest BCUT2D eigenvalue weighted by Gasteiger charge is -2.16. The minimum absolute atomic E-state index is 0.215. The van der Waals surface area contributed by atoms with Gasteiger partial charge >= 0.3 is 0 Å². The number of nitrogens with one attached hydrogen (secondary N) is 1. The summed E-state index contributed by atoms with van der Waals surface area (Å²) in [4.78, 5) is 25.2. The summed E-state index contributed by atoms with van der Waals surface area (Å²) in [6, 6.07) is 2.80. The van der Waals surface area contributed by atoms with Crippen LogP contribution in [0.15, 0.2) is 33.9 Å². The van der Waals surface area contributed by atoms with E-state index in [-0.39, 0.29) is 11.5 Å². The Labute approximate surface area is 144 Å². The maximum Gasteiger partial charge on any atom is 0.291 e. The monoisotopic (exact) mass is 346 g/mol. The SMILES string of the molecule is CCOCCCNC(=O)C(CC)n1ncn2c(cc3occc32)c1=O. The van der Waals surface area contributed by atoms with E-state index in [0.29, 0.717) is 37.3 Å². The number of nitrogens with zero attached hydrogens (tertiary/aromatic N) is 3. The van der Waals surface area contributed by atoms with Gasteiger partial charge in [0.15, 0.2) is 5.58 Å². The van der Waals surface area contributed by atoms with Crippen molar-refractivity contribution >= 4 is 22.5 Å². The van der Waals surface area contributed by atoms with Gasteiger partial charge in [0, 0.05) is 31.9 Å². The maximum absolute atomic E-state index is 12.8. The van der Waals surface area contributed by atoms with Gasteiger partial charge in [0.25, 0.3) is 5.56 Å². The Kier molecular flexibility index (Phi) is 5.18. The highest BCUT2D eigenvalue weighted by molar-refractivity contribution is 5.82. The summed E-state index contributed by atoms with van der Waals surface area (Å²) < 4.78 is 13.5. The zero-order valence-corrected chi connectivity index (χ0v) is 14.4. The van der Waals surface area contributed by atoms with Crippen molar-refractivity contribution in [2.24, 2.45) is 0 Å². The lowest BCUT2D eigenvalue weighted by Crippen LogP contribution is -2.39. The number of amides is 1. The number of ether oxygens (including phenoxy) is 1. The van der Waals surface area contributed by atoms with Crippen molar-refractivity contribution in [1.82, 2.24) is 19.5 Å². The van der Waals surface area contributed by atoms with Gasteiger partial charge < -0.3 is 14.5 Å². The molecule has 3 aromatic rings. The van der Waals surface area contributed by atoms with Gasteiger partial charge in [-0.15, -0.1) is 0 Å². The number of carbonyl (C=O) groups excluding carboxylic acids is 1. The van der Waals surface area contributed by atoms with Gasteiger partial charge in [0.05, 0.1) is 11.8 Å². The number of hydrogen-bond acceptors (Lipinski definition) is 5. The van der Waals surface area contributed by atoms with Crippen LogP contribution in [0, 0.1) is 0 Å². The van der Waals surface area contributed by atoms with Gasteiger partial charge in [-0.25, -0.2) is 4.68 Å². The van der Waals surface area contributed by atoms with Crippen LogP contribution in [0.2, 0.25) is 0 Å². The minimum Gasteiger partial charge on any atom is -0.463 e. The van der Waals surface area contributed by atoms with Crippen molar-refractivity contribution in [2.75, 3.05) is 19.8 Å². The summed E-state index contributed by atoms with van der Waals surface area (Å²) in [7, 11) is 0. The first-order valence-corrected chi connectivity index (χ1v) is 8.48. The quantitative estimate of drug-likeness (QED) is 0.627. The standard InChI is InChI=1S/C17H22N4O4/c1-3-12(16(22)18-7-5-8-24-4-2)21-17(23)14-10-15-13(6-9-25-15)20(14)11-19-21/h6,9-12H,3-5,7-8H2,1-2H3,(H,18,22). The van der Waals surface area contributed by atoms with Crippen molar-refractivity contribution in [3.05, 3.63) is 35.1 Å². The third-order valence-electron chi connectivity index (χ3n) is 4.13. The van der Waals surface area contributed by atoms with E-state index in [9.17, 15) is 9.59 Å². The molecule has 1 atom stereocenters. The van der Waals surface area contributed by atoms with Crippen LogP contribution in [0.5, 0.6) is 0 Å². The number of aromatic nitrogens is 3. The molecule has 0 radical (unpaired) electrons. The van der Waals surface area contributed by atoms with E-state index in [1.807, 2.05) is 13.8 Å². The predicted octanol–water partition coefficient (Wildman–Crippen LogP) is 1.74. The molecule has 25 heavy (non-hydrogen) atoms. The summed E-state index contributed by atoms with van der Waals surface area (Å²) in [6.45, 7) is 5.54. The van der Waals surface area contributed by atoms with Gasteiger partial charge in [-0.05, 0) is 19.8 Å². The Balaban J connectivity index is 1.81. The highest BCUT2D eigenvalue weighted by atomic mass is 16.5. The lowest BCUT2D eigenvalue weighted by atomic mass is 10.2. The summed E-state index contributed by atoms with van der Waals surface area (Å²) in [5, 5.41) is 7.04. The molecule has 0 saturated carbocycles. The van der Waals surface area contributed by atoms with Crippen molar-refractivity contribution < 1.29 is 13.9 Å². The van der Waals surface area contributed by atoms with Crippen LogP contribution in [-0.2, 0) is 9.53 Å². The molecule has 8 nitrogen and oxygen atoms in total. The molecule has 3 aromatic heterocycles. The maximum atomic E-state index is 12.8. The Morgan fingerprint density at radius 2 is 2.24 bits per heavy atom. The largest absolute Gasteiger partial charge is 0.463 e. The lowest BCUT2D eigenvalue weighted by molar-refractivity contribution is -0.124. The normalized spacial score (nSPS) is 12.7. The van der Waals surface area contributed by atoms with Crippen LogP contribution in [-0.4, -0.2) is 39.8 Å². The van der Waals surface area contributed by atoms with Crippen molar-refractivity contribution in [1.29, 1.82) is 0 Å². The third kappa shape index (κ3) is 3.30. The fraction of sp³-hybridized carbons (Fsp3) is 0.471. The molecule has 0 aliphatic rings.